The summed E-state index contributed by atoms with van der Waals surface area (Å²) in [6.07, 6.45) is 1.83. The molecule has 0 unspecified atom stereocenters. The lowest BCUT2D eigenvalue weighted by atomic mass is 10.1. The Morgan fingerprint density at radius 2 is 1.84 bits per heavy atom. The first-order valence-electron chi connectivity index (χ1n) is 8.61. The van der Waals surface area contributed by atoms with Crippen molar-refractivity contribution in [1.29, 1.82) is 0 Å². The Labute approximate surface area is 146 Å². The monoisotopic (exact) mass is 335 g/mol. The molecule has 1 aliphatic heterocycles. The molecule has 1 amide bonds. The molecule has 1 saturated heterocycles. The van der Waals surface area contributed by atoms with Gasteiger partial charge in [0.1, 0.15) is 0 Å². The van der Waals surface area contributed by atoms with Crippen LogP contribution in [-0.4, -0.2) is 57.1 Å². The van der Waals surface area contributed by atoms with Crippen molar-refractivity contribution < 1.29 is 4.79 Å². The van der Waals surface area contributed by atoms with Crippen LogP contribution < -0.4 is 0 Å². The van der Waals surface area contributed by atoms with Crippen molar-refractivity contribution >= 4 is 16.8 Å². The molecule has 128 valence electrons. The van der Waals surface area contributed by atoms with E-state index in [1.54, 1.807) is 0 Å². The Bertz CT molecular complexity index is 868. The molecule has 2 aromatic heterocycles. The SMILES string of the molecule is C[C@H](c1ccccn1)N1CCN(C(=O)c2n[nH]c3ccccc23)CC1. The standard InChI is InChI=1S/C19H21N5O/c1-14(16-7-4-5-9-20-16)23-10-12-24(13-11-23)19(25)18-15-6-2-3-8-17(15)21-22-18/h2-9,14H,10-13H2,1H3,(H,21,22)/t14-/m1/s1. The van der Waals surface area contributed by atoms with Crippen LogP contribution in [0, 0.1) is 0 Å². The molecule has 6 nitrogen and oxygen atoms in total. The van der Waals surface area contributed by atoms with Crippen LogP contribution >= 0.6 is 0 Å². The number of hydrogen-bond donors (Lipinski definition) is 1. The highest BCUT2D eigenvalue weighted by molar-refractivity contribution is 6.04. The molecular formula is C19H21N5O. The van der Waals surface area contributed by atoms with E-state index < -0.39 is 0 Å². The second-order valence-electron chi connectivity index (χ2n) is 6.38. The molecule has 4 rings (SSSR count). The number of amides is 1. The van der Waals surface area contributed by atoms with Crippen LogP contribution in [0.2, 0.25) is 0 Å². The number of nitrogens with zero attached hydrogens (tertiary/aromatic N) is 4. The summed E-state index contributed by atoms with van der Waals surface area (Å²) in [6, 6.07) is 14.0. The molecule has 1 aliphatic rings. The highest BCUT2D eigenvalue weighted by Gasteiger charge is 2.27. The van der Waals surface area contributed by atoms with Gasteiger partial charge in [0, 0.05) is 43.8 Å². The average Bonchev–Trinajstić information content (AvgIpc) is 3.12. The van der Waals surface area contributed by atoms with Gasteiger partial charge in [0.05, 0.1) is 11.2 Å². The largest absolute Gasteiger partial charge is 0.335 e. The third-order valence-electron chi connectivity index (χ3n) is 4.94. The Morgan fingerprint density at radius 3 is 2.60 bits per heavy atom. The average molecular weight is 335 g/mol. The molecule has 25 heavy (non-hydrogen) atoms. The number of fused-ring (bicyclic) bond motifs is 1. The van der Waals surface area contributed by atoms with Gasteiger partial charge in [0.15, 0.2) is 5.69 Å². The second-order valence-corrected chi connectivity index (χ2v) is 6.38. The number of aromatic nitrogens is 3. The molecule has 0 spiro atoms. The fourth-order valence-electron chi connectivity index (χ4n) is 3.40. The summed E-state index contributed by atoms with van der Waals surface area (Å²) in [7, 11) is 0. The lowest BCUT2D eigenvalue weighted by Gasteiger charge is -2.37. The highest BCUT2D eigenvalue weighted by atomic mass is 16.2. The first kappa shape index (κ1) is 15.8. The number of aromatic amines is 1. The smallest absolute Gasteiger partial charge is 0.275 e. The third-order valence-corrected chi connectivity index (χ3v) is 4.94. The molecule has 0 saturated carbocycles. The molecule has 0 bridgehead atoms. The zero-order valence-corrected chi connectivity index (χ0v) is 14.2. The highest BCUT2D eigenvalue weighted by Crippen LogP contribution is 2.21. The second kappa shape index (κ2) is 6.64. The normalized spacial score (nSPS) is 16.9. The number of rotatable bonds is 3. The molecule has 1 aromatic carbocycles. The summed E-state index contributed by atoms with van der Waals surface area (Å²) < 4.78 is 0. The van der Waals surface area contributed by atoms with Crippen LogP contribution in [0.3, 0.4) is 0 Å². The number of piperazine rings is 1. The predicted octanol–water partition coefficient (Wildman–Crippen LogP) is 2.48. The Hall–Kier alpha value is -2.73. The van der Waals surface area contributed by atoms with Crippen LogP contribution in [0.25, 0.3) is 10.9 Å². The fraction of sp³-hybridized carbons (Fsp3) is 0.316. The van der Waals surface area contributed by atoms with E-state index in [1.807, 2.05) is 47.5 Å². The summed E-state index contributed by atoms with van der Waals surface area (Å²) in [6.45, 7) is 5.26. The number of pyridine rings is 1. The molecule has 6 heteroatoms. The van der Waals surface area contributed by atoms with Gasteiger partial charge in [-0.3, -0.25) is 19.8 Å². The van der Waals surface area contributed by atoms with Crippen molar-refractivity contribution in [1.82, 2.24) is 25.0 Å². The van der Waals surface area contributed by atoms with E-state index in [1.165, 1.54) is 0 Å². The number of H-pyrrole nitrogens is 1. The minimum Gasteiger partial charge on any atom is -0.335 e. The van der Waals surface area contributed by atoms with Crippen LogP contribution in [-0.2, 0) is 0 Å². The lowest BCUT2D eigenvalue weighted by molar-refractivity contribution is 0.0575. The Kier molecular flexibility index (Phi) is 4.19. The molecule has 1 atom stereocenters. The van der Waals surface area contributed by atoms with Gasteiger partial charge in [-0.15, -0.1) is 0 Å². The molecule has 0 aliphatic carbocycles. The van der Waals surface area contributed by atoms with Crippen molar-refractivity contribution in [3.63, 3.8) is 0 Å². The van der Waals surface area contributed by atoms with Gasteiger partial charge in [0.25, 0.3) is 5.91 Å². The van der Waals surface area contributed by atoms with Crippen molar-refractivity contribution in [2.75, 3.05) is 26.2 Å². The third kappa shape index (κ3) is 3.00. The quantitative estimate of drug-likeness (QED) is 0.799. The minimum atomic E-state index is 0.00240. The van der Waals surface area contributed by atoms with E-state index in [-0.39, 0.29) is 11.9 Å². The maximum absolute atomic E-state index is 12.8. The van der Waals surface area contributed by atoms with Crippen molar-refractivity contribution in [3.8, 4) is 0 Å². The van der Waals surface area contributed by atoms with Gasteiger partial charge in [-0.25, -0.2) is 0 Å². The van der Waals surface area contributed by atoms with Crippen molar-refractivity contribution in [2.24, 2.45) is 0 Å². The molecular weight excluding hydrogens is 314 g/mol. The van der Waals surface area contributed by atoms with Gasteiger partial charge in [0.2, 0.25) is 0 Å². The van der Waals surface area contributed by atoms with E-state index in [2.05, 4.69) is 33.1 Å². The van der Waals surface area contributed by atoms with Crippen molar-refractivity contribution in [2.45, 2.75) is 13.0 Å². The van der Waals surface area contributed by atoms with Gasteiger partial charge in [-0.2, -0.15) is 5.10 Å². The fourth-order valence-corrected chi connectivity index (χ4v) is 3.40. The van der Waals surface area contributed by atoms with Gasteiger partial charge >= 0.3 is 0 Å². The molecule has 3 heterocycles. The van der Waals surface area contributed by atoms with Gasteiger partial charge in [-0.05, 0) is 25.1 Å². The Balaban J connectivity index is 1.44. The first-order valence-corrected chi connectivity index (χ1v) is 8.61. The van der Waals surface area contributed by atoms with E-state index in [0.29, 0.717) is 18.8 Å². The molecule has 1 fully saturated rings. The minimum absolute atomic E-state index is 0.00240. The summed E-state index contributed by atoms with van der Waals surface area (Å²) in [4.78, 5) is 21.5. The maximum Gasteiger partial charge on any atom is 0.275 e. The molecule has 1 N–H and O–H groups in total. The summed E-state index contributed by atoms with van der Waals surface area (Å²) in [5.74, 6) is 0.00240. The van der Waals surface area contributed by atoms with E-state index in [4.69, 9.17) is 0 Å². The van der Waals surface area contributed by atoms with E-state index in [9.17, 15) is 4.79 Å². The number of carbonyl (C=O) groups excluding carboxylic acids is 1. The summed E-state index contributed by atoms with van der Waals surface area (Å²) in [5, 5.41) is 8.06. The summed E-state index contributed by atoms with van der Waals surface area (Å²) >= 11 is 0. The zero-order valence-electron chi connectivity index (χ0n) is 14.2. The van der Waals surface area contributed by atoms with E-state index in [0.717, 1.165) is 29.7 Å². The summed E-state index contributed by atoms with van der Waals surface area (Å²) in [5.41, 5.74) is 2.48. The lowest BCUT2D eigenvalue weighted by Crippen LogP contribution is -2.49. The zero-order chi connectivity index (χ0) is 17.2. The van der Waals surface area contributed by atoms with E-state index >= 15 is 0 Å². The van der Waals surface area contributed by atoms with Gasteiger partial charge < -0.3 is 4.90 Å². The maximum atomic E-state index is 12.8. The number of para-hydroxylation sites is 1. The predicted molar refractivity (Wildman–Crippen MR) is 96.2 cm³/mol. The molecule has 0 radical (unpaired) electrons. The molecule has 3 aromatic rings. The number of benzene rings is 1. The van der Waals surface area contributed by atoms with Gasteiger partial charge in [-0.1, -0.05) is 24.3 Å². The Morgan fingerprint density at radius 1 is 1.08 bits per heavy atom. The number of carbonyl (C=O) groups is 1. The number of hydrogen-bond acceptors (Lipinski definition) is 4. The number of nitrogens with one attached hydrogen (secondary N) is 1. The topological polar surface area (TPSA) is 65.1 Å². The van der Waals surface area contributed by atoms with Crippen molar-refractivity contribution in [3.05, 3.63) is 60.0 Å². The first-order chi connectivity index (χ1) is 12.2. The van der Waals surface area contributed by atoms with Crippen LogP contribution in [0.5, 0.6) is 0 Å². The van der Waals surface area contributed by atoms with Crippen LogP contribution in [0.15, 0.2) is 48.7 Å². The van der Waals surface area contributed by atoms with Crippen LogP contribution in [0.1, 0.15) is 29.1 Å². The van der Waals surface area contributed by atoms with Crippen LogP contribution in [0.4, 0.5) is 0 Å².